The topological polar surface area (TPSA) is 48.7 Å². The largest absolute Gasteiger partial charge is 0.382 e. The van der Waals surface area contributed by atoms with Crippen molar-refractivity contribution in [1.82, 2.24) is 4.98 Å². The zero-order valence-electron chi connectivity index (χ0n) is 8.62. The van der Waals surface area contributed by atoms with Gasteiger partial charge in [-0.25, -0.2) is 4.98 Å². The Hall–Kier alpha value is -1.56. The molecule has 0 aliphatic rings. The van der Waals surface area contributed by atoms with Crippen molar-refractivity contribution in [2.45, 2.75) is 32.7 Å². The van der Waals surface area contributed by atoms with E-state index in [1.54, 1.807) is 12.3 Å². The lowest BCUT2D eigenvalue weighted by Crippen LogP contribution is -2.16. The molecule has 1 N–H and O–H groups in total. The van der Waals surface area contributed by atoms with Crippen molar-refractivity contribution >= 4 is 5.69 Å². The fourth-order valence-electron chi connectivity index (χ4n) is 1.31. The highest BCUT2D eigenvalue weighted by Crippen LogP contribution is 2.11. The van der Waals surface area contributed by atoms with Crippen molar-refractivity contribution in [2.75, 3.05) is 5.32 Å². The summed E-state index contributed by atoms with van der Waals surface area (Å²) in [5.41, 5.74) is 1.44. The number of nitrogens with zero attached hydrogens (tertiary/aromatic N) is 2. The predicted octanol–water partition coefficient (Wildman–Crippen LogP) is 2.55. The molecule has 3 nitrogen and oxygen atoms in total. The minimum atomic E-state index is 0.459. The van der Waals surface area contributed by atoms with Gasteiger partial charge < -0.3 is 5.32 Å². The van der Waals surface area contributed by atoms with E-state index in [1.165, 1.54) is 0 Å². The van der Waals surface area contributed by atoms with Crippen LogP contribution in [0.4, 0.5) is 5.69 Å². The number of aromatic nitrogens is 1. The Labute approximate surface area is 84.8 Å². The maximum absolute atomic E-state index is 8.67. The van der Waals surface area contributed by atoms with Gasteiger partial charge in [-0.15, -0.1) is 0 Å². The van der Waals surface area contributed by atoms with Crippen LogP contribution >= 0.6 is 0 Å². The molecule has 0 amide bonds. The Kier molecular flexibility index (Phi) is 3.93. The molecule has 0 fully saturated rings. The average molecular weight is 189 g/mol. The van der Waals surface area contributed by atoms with Crippen LogP contribution < -0.4 is 5.32 Å². The fourth-order valence-corrected chi connectivity index (χ4v) is 1.31. The first kappa shape index (κ1) is 10.5. The summed E-state index contributed by atoms with van der Waals surface area (Å²) in [4.78, 5) is 3.92. The van der Waals surface area contributed by atoms with E-state index in [1.807, 2.05) is 12.1 Å². The Bertz CT molecular complexity index is 324. The molecule has 1 aromatic heterocycles. The van der Waals surface area contributed by atoms with Gasteiger partial charge in [-0.3, -0.25) is 0 Å². The maximum atomic E-state index is 8.67. The average Bonchev–Trinajstić information content (AvgIpc) is 2.26. The zero-order valence-corrected chi connectivity index (χ0v) is 8.62. The molecule has 0 aliphatic carbocycles. The van der Waals surface area contributed by atoms with Crippen molar-refractivity contribution in [3.63, 3.8) is 0 Å². The van der Waals surface area contributed by atoms with Crippen LogP contribution in [0.3, 0.4) is 0 Å². The molecule has 1 aromatic rings. The van der Waals surface area contributed by atoms with Crippen molar-refractivity contribution in [2.24, 2.45) is 0 Å². The molecule has 0 aliphatic heterocycles. The quantitative estimate of drug-likeness (QED) is 0.791. The summed E-state index contributed by atoms with van der Waals surface area (Å²) in [6.45, 7) is 4.29. The molecule has 0 saturated heterocycles. The third kappa shape index (κ3) is 2.74. The van der Waals surface area contributed by atoms with Gasteiger partial charge in [0, 0.05) is 17.9 Å². The van der Waals surface area contributed by atoms with Gasteiger partial charge in [0.1, 0.15) is 11.8 Å². The molecule has 1 rings (SSSR count). The van der Waals surface area contributed by atoms with Gasteiger partial charge in [0.15, 0.2) is 0 Å². The number of anilines is 1. The first-order valence-electron chi connectivity index (χ1n) is 4.92. The minimum Gasteiger partial charge on any atom is -0.382 e. The minimum absolute atomic E-state index is 0.459. The number of hydrogen-bond acceptors (Lipinski definition) is 3. The Balaban J connectivity index is 2.72. The van der Waals surface area contributed by atoms with Gasteiger partial charge in [0.25, 0.3) is 0 Å². The van der Waals surface area contributed by atoms with E-state index in [0.29, 0.717) is 11.7 Å². The molecule has 0 unspecified atom stereocenters. The molecule has 3 heteroatoms. The molecule has 0 saturated carbocycles. The second-order valence-corrected chi connectivity index (χ2v) is 3.20. The third-order valence-corrected chi connectivity index (χ3v) is 2.23. The van der Waals surface area contributed by atoms with Gasteiger partial charge in [-0.1, -0.05) is 13.8 Å². The van der Waals surface area contributed by atoms with Crippen LogP contribution in [-0.4, -0.2) is 11.0 Å². The smallest absolute Gasteiger partial charge is 0.142 e. The molecule has 74 valence electrons. The van der Waals surface area contributed by atoms with Crippen LogP contribution in [0.15, 0.2) is 18.3 Å². The molecule has 14 heavy (non-hydrogen) atoms. The second-order valence-electron chi connectivity index (χ2n) is 3.20. The number of nitriles is 1. The lowest BCUT2D eigenvalue weighted by Gasteiger charge is -2.15. The summed E-state index contributed by atoms with van der Waals surface area (Å²) in [5, 5.41) is 12.0. The highest BCUT2D eigenvalue weighted by molar-refractivity contribution is 5.46. The SMILES string of the molecule is CCC(CC)Nc1ccnc(C#N)c1. The lowest BCUT2D eigenvalue weighted by atomic mass is 10.1. The van der Waals surface area contributed by atoms with E-state index >= 15 is 0 Å². The highest BCUT2D eigenvalue weighted by Gasteiger charge is 2.03. The monoisotopic (exact) mass is 189 g/mol. The van der Waals surface area contributed by atoms with Crippen molar-refractivity contribution in [1.29, 1.82) is 5.26 Å². The Morgan fingerprint density at radius 3 is 2.79 bits per heavy atom. The summed E-state index contributed by atoms with van der Waals surface area (Å²) in [6, 6.07) is 6.17. The highest BCUT2D eigenvalue weighted by atomic mass is 14.9. The van der Waals surface area contributed by atoms with Crippen LogP contribution in [-0.2, 0) is 0 Å². The van der Waals surface area contributed by atoms with Crippen molar-refractivity contribution < 1.29 is 0 Å². The van der Waals surface area contributed by atoms with E-state index in [-0.39, 0.29) is 0 Å². The van der Waals surface area contributed by atoms with E-state index in [2.05, 4.69) is 24.1 Å². The predicted molar refractivity (Wildman–Crippen MR) is 56.9 cm³/mol. The molecular formula is C11H15N3. The van der Waals surface area contributed by atoms with Gasteiger partial charge >= 0.3 is 0 Å². The van der Waals surface area contributed by atoms with Gasteiger partial charge in [0.05, 0.1) is 0 Å². The zero-order chi connectivity index (χ0) is 10.4. The summed E-state index contributed by atoms with van der Waals surface area (Å²) < 4.78 is 0. The molecular weight excluding hydrogens is 174 g/mol. The van der Waals surface area contributed by atoms with Crippen LogP contribution in [0, 0.1) is 11.3 Å². The van der Waals surface area contributed by atoms with Gasteiger partial charge in [-0.2, -0.15) is 5.26 Å². The van der Waals surface area contributed by atoms with E-state index in [0.717, 1.165) is 18.5 Å². The lowest BCUT2D eigenvalue weighted by molar-refractivity contribution is 0.671. The maximum Gasteiger partial charge on any atom is 0.142 e. The number of pyridine rings is 1. The van der Waals surface area contributed by atoms with E-state index in [9.17, 15) is 0 Å². The first-order chi connectivity index (χ1) is 6.80. The summed E-state index contributed by atoms with van der Waals surface area (Å²) >= 11 is 0. The molecule has 0 atom stereocenters. The van der Waals surface area contributed by atoms with Crippen molar-refractivity contribution in [3.05, 3.63) is 24.0 Å². The number of hydrogen-bond donors (Lipinski definition) is 1. The number of nitrogens with one attached hydrogen (secondary N) is 1. The third-order valence-electron chi connectivity index (χ3n) is 2.23. The van der Waals surface area contributed by atoms with Crippen molar-refractivity contribution in [3.8, 4) is 6.07 Å². The van der Waals surface area contributed by atoms with Gasteiger partial charge in [0.2, 0.25) is 0 Å². The second kappa shape index (κ2) is 5.23. The molecule has 0 aromatic carbocycles. The van der Waals surface area contributed by atoms with E-state index in [4.69, 9.17) is 5.26 Å². The van der Waals surface area contributed by atoms with Crippen LogP contribution in [0.2, 0.25) is 0 Å². The van der Waals surface area contributed by atoms with Crippen LogP contribution in [0.5, 0.6) is 0 Å². The standard InChI is InChI=1S/C11H15N3/c1-3-9(4-2)14-10-5-6-13-11(7-10)8-12/h5-7,9H,3-4H2,1-2H3,(H,13,14). The molecule has 0 radical (unpaired) electrons. The van der Waals surface area contributed by atoms with Crippen LogP contribution in [0.25, 0.3) is 0 Å². The summed E-state index contributed by atoms with van der Waals surface area (Å²) in [6.07, 6.45) is 3.82. The Morgan fingerprint density at radius 2 is 2.21 bits per heavy atom. The molecule has 0 spiro atoms. The fraction of sp³-hybridized carbons (Fsp3) is 0.455. The molecule has 1 heterocycles. The summed E-state index contributed by atoms with van der Waals surface area (Å²) in [7, 11) is 0. The summed E-state index contributed by atoms with van der Waals surface area (Å²) in [5.74, 6) is 0. The Morgan fingerprint density at radius 1 is 1.50 bits per heavy atom. The van der Waals surface area contributed by atoms with Gasteiger partial charge in [-0.05, 0) is 25.0 Å². The van der Waals surface area contributed by atoms with E-state index < -0.39 is 0 Å². The normalized spacial score (nSPS) is 9.86. The van der Waals surface area contributed by atoms with Crippen LogP contribution in [0.1, 0.15) is 32.4 Å². The molecule has 0 bridgehead atoms. The first-order valence-corrected chi connectivity index (χ1v) is 4.92. The number of rotatable bonds is 4.